The lowest BCUT2D eigenvalue weighted by Gasteiger charge is -2.21. The summed E-state index contributed by atoms with van der Waals surface area (Å²) >= 11 is 6.23. The van der Waals surface area contributed by atoms with Crippen molar-refractivity contribution in [2.75, 3.05) is 18.5 Å². The van der Waals surface area contributed by atoms with Crippen molar-refractivity contribution in [1.29, 1.82) is 0 Å². The maximum atomic E-state index is 6.23. The van der Waals surface area contributed by atoms with Crippen LogP contribution in [0.25, 0.3) is 0 Å². The quantitative estimate of drug-likeness (QED) is 0.866. The maximum absolute atomic E-state index is 6.23. The Morgan fingerprint density at radius 1 is 1.35 bits per heavy atom. The van der Waals surface area contributed by atoms with E-state index in [0.29, 0.717) is 17.2 Å². The van der Waals surface area contributed by atoms with Gasteiger partial charge in [0.25, 0.3) is 0 Å². The van der Waals surface area contributed by atoms with E-state index in [1.54, 1.807) is 0 Å². The smallest absolute Gasteiger partial charge is 0.137 e. The van der Waals surface area contributed by atoms with Crippen molar-refractivity contribution >= 4 is 17.4 Å². The third kappa shape index (κ3) is 3.41. The molecule has 0 radical (unpaired) electrons. The molecule has 5 heteroatoms. The lowest BCUT2D eigenvalue weighted by molar-refractivity contribution is 0.108. The maximum Gasteiger partial charge on any atom is 0.137 e. The van der Waals surface area contributed by atoms with E-state index in [4.69, 9.17) is 16.3 Å². The molecule has 1 aliphatic heterocycles. The van der Waals surface area contributed by atoms with E-state index in [0.717, 1.165) is 36.8 Å². The molecule has 1 aromatic heterocycles. The topological polar surface area (TPSA) is 47.0 Å². The first-order valence-corrected chi connectivity index (χ1v) is 7.57. The SMILES string of the molecule is Cc1c(Cl)nc(C(C)(C)C)nc1NCC1CCOC1C. The van der Waals surface area contributed by atoms with Gasteiger partial charge in [-0.3, -0.25) is 0 Å². The molecule has 0 saturated carbocycles. The van der Waals surface area contributed by atoms with Crippen LogP contribution in [-0.2, 0) is 10.2 Å². The Balaban J connectivity index is 2.16. The zero-order chi connectivity index (χ0) is 14.9. The van der Waals surface area contributed by atoms with Gasteiger partial charge in [0.05, 0.1) is 6.10 Å². The molecule has 1 fully saturated rings. The fraction of sp³-hybridized carbons (Fsp3) is 0.733. The second-order valence-corrected chi connectivity index (χ2v) is 6.93. The van der Waals surface area contributed by atoms with Gasteiger partial charge < -0.3 is 10.1 Å². The van der Waals surface area contributed by atoms with Gasteiger partial charge in [0.2, 0.25) is 0 Å². The highest BCUT2D eigenvalue weighted by Gasteiger charge is 2.25. The normalized spacial score (nSPS) is 23.1. The van der Waals surface area contributed by atoms with Crippen molar-refractivity contribution in [2.24, 2.45) is 5.92 Å². The largest absolute Gasteiger partial charge is 0.378 e. The molecule has 0 amide bonds. The van der Waals surface area contributed by atoms with E-state index in [1.807, 2.05) is 6.92 Å². The van der Waals surface area contributed by atoms with Crippen LogP contribution in [0.5, 0.6) is 0 Å². The van der Waals surface area contributed by atoms with Gasteiger partial charge in [-0.05, 0) is 20.3 Å². The van der Waals surface area contributed by atoms with Gasteiger partial charge in [-0.1, -0.05) is 32.4 Å². The Hall–Kier alpha value is -0.870. The molecule has 2 heterocycles. The number of halogens is 1. The number of anilines is 1. The molecule has 112 valence electrons. The predicted octanol–water partition coefficient (Wildman–Crippen LogP) is 3.57. The second kappa shape index (κ2) is 5.86. The molecular formula is C15H24ClN3O. The number of nitrogens with one attached hydrogen (secondary N) is 1. The molecular weight excluding hydrogens is 274 g/mol. The van der Waals surface area contributed by atoms with Gasteiger partial charge in [-0.15, -0.1) is 0 Å². The van der Waals surface area contributed by atoms with E-state index in [1.165, 1.54) is 0 Å². The molecule has 0 bridgehead atoms. The monoisotopic (exact) mass is 297 g/mol. The van der Waals surface area contributed by atoms with Crippen molar-refractivity contribution in [2.45, 2.75) is 52.6 Å². The minimum Gasteiger partial charge on any atom is -0.378 e. The van der Waals surface area contributed by atoms with Gasteiger partial charge in [-0.25, -0.2) is 9.97 Å². The van der Waals surface area contributed by atoms with Crippen LogP contribution in [-0.4, -0.2) is 29.2 Å². The zero-order valence-corrected chi connectivity index (χ0v) is 13.7. The summed E-state index contributed by atoms with van der Waals surface area (Å²) in [5.41, 5.74) is 0.795. The van der Waals surface area contributed by atoms with Crippen LogP contribution in [0.15, 0.2) is 0 Å². The molecule has 0 aliphatic carbocycles. The van der Waals surface area contributed by atoms with Crippen molar-refractivity contribution < 1.29 is 4.74 Å². The van der Waals surface area contributed by atoms with Crippen LogP contribution in [0.2, 0.25) is 5.15 Å². The Kier molecular flexibility index (Phi) is 4.55. The van der Waals surface area contributed by atoms with Gasteiger partial charge >= 0.3 is 0 Å². The first-order chi connectivity index (χ1) is 9.29. The van der Waals surface area contributed by atoms with Gasteiger partial charge in [-0.2, -0.15) is 0 Å². The highest BCUT2D eigenvalue weighted by molar-refractivity contribution is 6.30. The molecule has 1 N–H and O–H groups in total. The summed E-state index contributed by atoms with van der Waals surface area (Å²) in [5, 5.41) is 3.95. The Morgan fingerprint density at radius 3 is 2.60 bits per heavy atom. The highest BCUT2D eigenvalue weighted by atomic mass is 35.5. The minimum atomic E-state index is -0.114. The Labute approximate surface area is 126 Å². The second-order valence-electron chi connectivity index (χ2n) is 6.57. The lowest BCUT2D eigenvalue weighted by Crippen LogP contribution is -2.23. The first-order valence-electron chi connectivity index (χ1n) is 7.19. The number of hydrogen-bond donors (Lipinski definition) is 1. The standard InChI is InChI=1S/C15H24ClN3O/c1-9-12(16)18-14(15(3,4)5)19-13(9)17-8-11-6-7-20-10(11)2/h10-11H,6-8H2,1-5H3,(H,17,18,19). The molecule has 4 nitrogen and oxygen atoms in total. The summed E-state index contributed by atoms with van der Waals surface area (Å²) in [5.74, 6) is 2.14. The molecule has 1 saturated heterocycles. The van der Waals surface area contributed by atoms with E-state index in [-0.39, 0.29) is 5.41 Å². The van der Waals surface area contributed by atoms with Gasteiger partial charge in [0, 0.05) is 30.0 Å². The Morgan fingerprint density at radius 2 is 2.05 bits per heavy atom. The summed E-state index contributed by atoms with van der Waals surface area (Å²) in [6, 6.07) is 0. The third-order valence-electron chi connectivity index (χ3n) is 3.82. The summed E-state index contributed by atoms with van der Waals surface area (Å²) in [6.45, 7) is 12.1. The predicted molar refractivity (Wildman–Crippen MR) is 82.5 cm³/mol. The van der Waals surface area contributed by atoms with E-state index in [9.17, 15) is 0 Å². The van der Waals surface area contributed by atoms with Crippen molar-refractivity contribution in [3.8, 4) is 0 Å². The lowest BCUT2D eigenvalue weighted by atomic mass is 9.95. The fourth-order valence-electron chi connectivity index (χ4n) is 2.27. The van der Waals surface area contributed by atoms with Crippen LogP contribution in [0.4, 0.5) is 5.82 Å². The van der Waals surface area contributed by atoms with Gasteiger partial charge in [0.15, 0.2) is 0 Å². The zero-order valence-electron chi connectivity index (χ0n) is 13.0. The number of aromatic nitrogens is 2. The average molecular weight is 298 g/mol. The molecule has 2 unspecified atom stereocenters. The summed E-state index contributed by atoms with van der Waals surface area (Å²) in [4.78, 5) is 9.03. The van der Waals surface area contributed by atoms with Crippen LogP contribution in [0.3, 0.4) is 0 Å². The molecule has 0 aromatic carbocycles. The van der Waals surface area contributed by atoms with E-state index >= 15 is 0 Å². The van der Waals surface area contributed by atoms with Crippen LogP contribution < -0.4 is 5.32 Å². The fourth-order valence-corrected chi connectivity index (χ4v) is 2.44. The summed E-state index contributed by atoms with van der Waals surface area (Å²) in [7, 11) is 0. The third-order valence-corrected chi connectivity index (χ3v) is 4.19. The summed E-state index contributed by atoms with van der Waals surface area (Å²) < 4.78 is 5.59. The number of rotatable bonds is 3. The number of ether oxygens (including phenoxy) is 1. The molecule has 0 spiro atoms. The molecule has 1 aliphatic rings. The van der Waals surface area contributed by atoms with Gasteiger partial charge in [0.1, 0.15) is 16.8 Å². The van der Waals surface area contributed by atoms with Crippen molar-refractivity contribution in [3.05, 3.63) is 16.5 Å². The number of hydrogen-bond acceptors (Lipinski definition) is 4. The summed E-state index contributed by atoms with van der Waals surface area (Å²) in [6.07, 6.45) is 1.40. The van der Waals surface area contributed by atoms with Crippen LogP contribution in [0.1, 0.15) is 45.5 Å². The first kappa shape index (κ1) is 15.5. The highest BCUT2D eigenvalue weighted by Crippen LogP contribution is 2.27. The molecule has 20 heavy (non-hydrogen) atoms. The minimum absolute atomic E-state index is 0.114. The molecule has 1 aromatic rings. The molecule has 2 rings (SSSR count). The van der Waals surface area contributed by atoms with Crippen LogP contribution >= 0.6 is 11.6 Å². The Bertz CT molecular complexity index is 485. The van der Waals surface area contributed by atoms with Crippen molar-refractivity contribution in [1.82, 2.24) is 9.97 Å². The van der Waals surface area contributed by atoms with E-state index in [2.05, 4.69) is 43.0 Å². The van der Waals surface area contributed by atoms with Crippen LogP contribution in [0, 0.1) is 12.8 Å². The average Bonchev–Trinajstić information content (AvgIpc) is 2.75. The van der Waals surface area contributed by atoms with E-state index < -0.39 is 0 Å². The van der Waals surface area contributed by atoms with Crippen molar-refractivity contribution in [3.63, 3.8) is 0 Å². The number of nitrogens with zero attached hydrogens (tertiary/aromatic N) is 2. The molecule has 2 atom stereocenters.